The normalized spacial score (nSPS) is 10.5. The van der Waals surface area contributed by atoms with Crippen molar-refractivity contribution < 1.29 is 14.2 Å². The lowest BCUT2D eigenvalue weighted by Gasteiger charge is -2.08. The molecule has 0 saturated heterocycles. The van der Waals surface area contributed by atoms with Crippen molar-refractivity contribution in [3.05, 3.63) is 23.6 Å². The Morgan fingerprint density at radius 3 is 2.76 bits per heavy atom. The topological polar surface area (TPSA) is 42.4 Å². The molecule has 0 amide bonds. The smallest absolute Gasteiger partial charge is 0.219 e. The third-order valence-electron chi connectivity index (χ3n) is 2.55. The number of nitrogens with zero attached hydrogens (tertiary/aromatic N) is 1. The van der Waals surface area contributed by atoms with Gasteiger partial charge in [0.25, 0.3) is 0 Å². The molecule has 0 fully saturated rings. The van der Waals surface area contributed by atoms with Gasteiger partial charge in [-0.05, 0) is 12.5 Å². The van der Waals surface area contributed by atoms with E-state index in [1.54, 1.807) is 0 Å². The number of ether oxygens (including phenoxy) is 1. The number of unbranched alkanes of at least 4 members (excludes halogenated alkanes) is 4. The molecule has 17 heavy (non-hydrogen) atoms. The zero-order valence-corrected chi connectivity index (χ0v) is 10.3. The summed E-state index contributed by atoms with van der Waals surface area (Å²) in [6.45, 7) is 2.48. The molecular weight excluding hydrogens is 221 g/mol. The summed E-state index contributed by atoms with van der Waals surface area (Å²) < 4.78 is 18.3. The third-order valence-corrected chi connectivity index (χ3v) is 2.55. The maximum absolute atomic E-state index is 12.8. The molecule has 1 aromatic rings. The van der Waals surface area contributed by atoms with Crippen molar-refractivity contribution in [2.24, 2.45) is 0 Å². The number of pyridine rings is 1. The second kappa shape index (κ2) is 8.01. The molecule has 4 heteroatoms. The Bertz CT molecular complexity index is 331. The molecule has 96 valence electrons. The van der Waals surface area contributed by atoms with E-state index in [2.05, 4.69) is 11.9 Å². The van der Waals surface area contributed by atoms with Crippen molar-refractivity contribution in [3.8, 4) is 5.88 Å². The Balaban J connectivity index is 2.31. The number of rotatable bonds is 8. The van der Waals surface area contributed by atoms with E-state index >= 15 is 0 Å². The average Bonchev–Trinajstić information content (AvgIpc) is 2.35. The number of hydrogen-bond acceptors (Lipinski definition) is 3. The molecule has 0 bridgehead atoms. The van der Waals surface area contributed by atoms with Gasteiger partial charge in [-0.25, -0.2) is 9.37 Å². The van der Waals surface area contributed by atoms with Gasteiger partial charge in [-0.15, -0.1) is 0 Å². The van der Waals surface area contributed by atoms with Gasteiger partial charge in [-0.1, -0.05) is 32.6 Å². The highest BCUT2D eigenvalue weighted by molar-refractivity contribution is 5.25. The van der Waals surface area contributed by atoms with Crippen LogP contribution < -0.4 is 4.74 Å². The maximum Gasteiger partial charge on any atom is 0.219 e. The number of aromatic nitrogens is 1. The Kier molecular flexibility index (Phi) is 6.55. The Morgan fingerprint density at radius 2 is 2.06 bits per heavy atom. The van der Waals surface area contributed by atoms with Crippen molar-refractivity contribution in [3.63, 3.8) is 0 Å². The fourth-order valence-electron chi connectivity index (χ4n) is 1.59. The van der Waals surface area contributed by atoms with Gasteiger partial charge < -0.3 is 9.84 Å². The summed E-state index contributed by atoms with van der Waals surface area (Å²) in [5.41, 5.74) is 0.401. The van der Waals surface area contributed by atoms with E-state index in [0.717, 1.165) is 19.0 Å². The third kappa shape index (κ3) is 5.13. The van der Waals surface area contributed by atoms with Crippen molar-refractivity contribution in [1.82, 2.24) is 4.98 Å². The number of hydrogen-bond donors (Lipinski definition) is 1. The predicted molar refractivity (Wildman–Crippen MR) is 64.4 cm³/mol. The molecule has 0 atom stereocenters. The Hall–Kier alpha value is -1.16. The molecule has 1 aromatic heterocycles. The molecule has 0 radical (unpaired) electrons. The Morgan fingerprint density at radius 1 is 1.29 bits per heavy atom. The monoisotopic (exact) mass is 241 g/mol. The molecule has 0 unspecified atom stereocenters. The van der Waals surface area contributed by atoms with Gasteiger partial charge in [0.1, 0.15) is 5.82 Å². The van der Waals surface area contributed by atoms with Gasteiger partial charge >= 0.3 is 0 Å². The molecule has 1 heterocycles. The second-order valence-electron chi connectivity index (χ2n) is 4.04. The number of aliphatic hydroxyl groups is 1. The fourth-order valence-corrected chi connectivity index (χ4v) is 1.59. The highest BCUT2D eigenvalue weighted by Gasteiger charge is 2.05. The van der Waals surface area contributed by atoms with E-state index in [-0.39, 0.29) is 6.61 Å². The maximum atomic E-state index is 12.8. The summed E-state index contributed by atoms with van der Waals surface area (Å²) in [5.74, 6) is -0.117. The number of aliphatic hydroxyl groups excluding tert-OH is 1. The van der Waals surface area contributed by atoms with Crippen LogP contribution in [0.2, 0.25) is 0 Å². The summed E-state index contributed by atoms with van der Waals surface area (Å²) in [6, 6.07) is 1.25. The van der Waals surface area contributed by atoms with Crippen molar-refractivity contribution in [2.75, 3.05) is 6.61 Å². The van der Waals surface area contributed by atoms with Crippen LogP contribution in [0.5, 0.6) is 5.88 Å². The van der Waals surface area contributed by atoms with Gasteiger partial charge in [-0.3, -0.25) is 0 Å². The lowest BCUT2D eigenvalue weighted by Crippen LogP contribution is -2.03. The molecule has 0 aliphatic heterocycles. The molecule has 1 N–H and O–H groups in total. The van der Waals surface area contributed by atoms with Crippen LogP contribution in [0.3, 0.4) is 0 Å². The molecule has 1 rings (SSSR count). The zero-order valence-electron chi connectivity index (χ0n) is 10.3. The van der Waals surface area contributed by atoms with Crippen LogP contribution in [0, 0.1) is 5.82 Å². The molecular formula is C13H20FNO2. The van der Waals surface area contributed by atoms with Gasteiger partial charge in [0, 0.05) is 5.56 Å². The lowest BCUT2D eigenvalue weighted by molar-refractivity contribution is 0.252. The first-order valence-corrected chi connectivity index (χ1v) is 6.16. The summed E-state index contributed by atoms with van der Waals surface area (Å²) in [7, 11) is 0. The minimum absolute atomic E-state index is 0.254. The van der Waals surface area contributed by atoms with E-state index in [0.29, 0.717) is 18.1 Å². The van der Waals surface area contributed by atoms with Gasteiger partial charge in [0.05, 0.1) is 19.4 Å². The summed E-state index contributed by atoms with van der Waals surface area (Å²) in [4.78, 5) is 3.83. The van der Waals surface area contributed by atoms with E-state index in [4.69, 9.17) is 9.84 Å². The van der Waals surface area contributed by atoms with Crippen LogP contribution in [-0.4, -0.2) is 16.7 Å². The first kappa shape index (κ1) is 13.9. The molecule has 0 aromatic carbocycles. The quantitative estimate of drug-likeness (QED) is 0.711. The van der Waals surface area contributed by atoms with E-state index < -0.39 is 5.82 Å². The van der Waals surface area contributed by atoms with Crippen LogP contribution in [-0.2, 0) is 6.61 Å². The first-order chi connectivity index (χ1) is 8.27. The van der Waals surface area contributed by atoms with Gasteiger partial charge in [0.2, 0.25) is 5.88 Å². The van der Waals surface area contributed by atoms with E-state index in [1.807, 2.05) is 0 Å². The fraction of sp³-hybridized carbons (Fsp3) is 0.615. The average molecular weight is 241 g/mol. The van der Waals surface area contributed by atoms with Crippen LogP contribution in [0.4, 0.5) is 4.39 Å². The zero-order chi connectivity index (χ0) is 12.5. The second-order valence-corrected chi connectivity index (χ2v) is 4.04. The van der Waals surface area contributed by atoms with Crippen LogP contribution in [0.25, 0.3) is 0 Å². The van der Waals surface area contributed by atoms with E-state index in [1.165, 1.54) is 25.3 Å². The molecule has 0 aliphatic rings. The van der Waals surface area contributed by atoms with Crippen molar-refractivity contribution in [1.29, 1.82) is 0 Å². The summed E-state index contributed by atoms with van der Waals surface area (Å²) in [5, 5.41) is 9.03. The van der Waals surface area contributed by atoms with Gasteiger partial charge in [-0.2, -0.15) is 0 Å². The molecule has 0 aliphatic carbocycles. The first-order valence-electron chi connectivity index (χ1n) is 6.16. The van der Waals surface area contributed by atoms with Crippen LogP contribution >= 0.6 is 0 Å². The van der Waals surface area contributed by atoms with Crippen molar-refractivity contribution in [2.45, 2.75) is 45.6 Å². The van der Waals surface area contributed by atoms with Gasteiger partial charge in [0.15, 0.2) is 0 Å². The lowest BCUT2D eigenvalue weighted by atomic mass is 10.2. The minimum Gasteiger partial charge on any atom is -0.477 e. The SMILES string of the molecule is CCCCCCCOc1ncc(F)cc1CO. The summed E-state index contributed by atoms with van der Waals surface area (Å²) in [6.07, 6.45) is 6.87. The highest BCUT2D eigenvalue weighted by atomic mass is 19.1. The van der Waals surface area contributed by atoms with Crippen LogP contribution in [0.15, 0.2) is 12.3 Å². The molecule has 0 spiro atoms. The highest BCUT2D eigenvalue weighted by Crippen LogP contribution is 2.16. The molecule has 0 saturated carbocycles. The largest absolute Gasteiger partial charge is 0.477 e. The standard InChI is InChI=1S/C13H20FNO2/c1-2-3-4-5-6-7-17-13-11(10-16)8-12(14)9-15-13/h8-9,16H,2-7,10H2,1H3. The van der Waals surface area contributed by atoms with Crippen LogP contribution in [0.1, 0.15) is 44.6 Å². The summed E-state index contributed by atoms with van der Waals surface area (Å²) >= 11 is 0. The minimum atomic E-state index is -0.454. The van der Waals surface area contributed by atoms with E-state index in [9.17, 15) is 4.39 Å². The predicted octanol–water partition coefficient (Wildman–Crippen LogP) is 3.06. The van der Waals surface area contributed by atoms with Crippen molar-refractivity contribution >= 4 is 0 Å². The Labute approximate surface area is 102 Å². The number of halogens is 1. The molecule has 3 nitrogen and oxygen atoms in total.